The molecule has 2 aromatic carbocycles. The van der Waals surface area contributed by atoms with E-state index >= 15 is 0 Å². The average Bonchev–Trinajstić information content (AvgIpc) is 3.99. The summed E-state index contributed by atoms with van der Waals surface area (Å²) in [5.41, 5.74) is 7.25. The lowest BCUT2D eigenvalue weighted by molar-refractivity contribution is -0.144. The van der Waals surface area contributed by atoms with E-state index in [0.717, 1.165) is 77.8 Å². The molecule has 0 saturated carbocycles. The summed E-state index contributed by atoms with van der Waals surface area (Å²) in [6.45, 7) is 16.7. The molecule has 0 aliphatic carbocycles. The molecule has 0 bridgehead atoms. The van der Waals surface area contributed by atoms with Crippen molar-refractivity contribution in [2.24, 2.45) is 5.41 Å². The van der Waals surface area contributed by atoms with Gasteiger partial charge in [0.1, 0.15) is 18.7 Å². The number of benzene rings is 2. The molecule has 17 heteroatoms. The fraction of sp³-hybridized carbons (Fsp3) is 0.522. The number of piperazine rings is 1. The lowest BCUT2D eigenvalue weighted by Gasteiger charge is -2.35. The number of aliphatic hydroxyl groups is 1. The molecule has 0 spiro atoms. The molecule has 3 N–H and O–H groups in total. The number of imidazole rings is 1. The third-order valence-corrected chi connectivity index (χ3v) is 12.7. The Kier molecular flexibility index (Phi) is 15.5. The summed E-state index contributed by atoms with van der Waals surface area (Å²) in [4.78, 5) is 61.5. The maximum Gasteiger partial charge on any atom is 0.246 e. The Morgan fingerprint density at radius 3 is 2.32 bits per heavy atom. The Bertz CT molecular complexity index is 2300. The topological polar surface area (TPSA) is 176 Å². The number of para-hydroxylation sites is 2. The van der Waals surface area contributed by atoms with E-state index in [1.807, 2.05) is 88.8 Å². The van der Waals surface area contributed by atoms with Gasteiger partial charge in [0.05, 0.1) is 72.3 Å². The molecule has 3 aromatic heterocycles. The number of thiazole rings is 1. The van der Waals surface area contributed by atoms with Crippen LogP contribution in [0.5, 0.6) is 0 Å². The van der Waals surface area contributed by atoms with Gasteiger partial charge in [0.15, 0.2) is 0 Å². The second kappa shape index (κ2) is 21.2. The van der Waals surface area contributed by atoms with Gasteiger partial charge in [0.2, 0.25) is 23.5 Å². The first-order valence-electron chi connectivity index (χ1n) is 21.8. The number of nitrogens with zero attached hydrogens (tertiary/aromatic N) is 7. The van der Waals surface area contributed by atoms with Gasteiger partial charge in [0, 0.05) is 70.2 Å². The number of likely N-dealkylation sites (tertiary alicyclic amines) is 1. The van der Waals surface area contributed by atoms with Crippen LogP contribution < -0.4 is 10.6 Å². The zero-order chi connectivity index (χ0) is 44.5. The quantitative estimate of drug-likeness (QED) is 0.102. The van der Waals surface area contributed by atoms with Crippen LogP contribution in [0.25, 0.3) is 27.3 Å². The van der Waals surface area contributed by atoms with Crippen LogP contribution in [0.3, 0.4) is 0 Å². The first-order chi connectivity index (χ1) is 30.3. The number of fused-ring (bicyclic) bond motifs is 3. The minimum absolute atomic E-state index is 0.00630. The van der Waals surface area contributed by atoms with E-state index in [2.05, 4.69) is 52.0 Å². The number of β-amino-alcohol motifs (C(OH)–C–C–N with tert-alkyl or cyclic N) is 1. The van der Waals surface area contributed by atoms with E-state index < -0.39 is 35.4 Å². The lowest BCUT2D eigenvalue weighted by Crippen LogP contribution is -2.58. The van der Waals surface area contributed by atoms with E-state index in [1.165, 1.54) is 10.5 Å². The summed E-state index contributed by atoms with van der Waals surface area (Å²) < 4.78 is 19.1. The third-order valence-electron chi connectivity index (χ3n) is 11.7. The monoisotopic (exact) mass is 883 g/mol. The number of aryl methyl sites for hydroxylation is 1. The third kappa shape index (κ3) is 12.0. The maximum absolute atomic E-state index is 14.0. The van der Waals surface area contributed by atoms with Gasteiger partial charge in [-0.3, -0.25) is 28.6 Å². The number of carbonyl (C=O) groups is 3. The number of ether oxygens (including phenoxy) is 3. The standard InChI is InChI=1S/C46H61N9O7S/c1-31(34-10-12-35(13-11-34)41-32(2)48-30-63-41)49-43(58)39-24-36(56)28-54(39)44(59)42(46(3,4)5)51-40(57)29-62-23-22-61-21-20-60-19-18-52-14-16-53(17-15-52)26-33-25-47-45-50-37-8-6-7-9-38(37)55(45)27-33/h6-13,25,27,30-31,36,39,42,56H,14-24,26,28-29H2,1-5H3,(H,49,58)(H,51,57)/t31-,36+,39-,42+/m0/s1. The van der Waals surface area contributed by atoms with E-state index in [0.29, 0.717) is 19.8 Å². The Morgan fingerprint density at radius 1 is 0.905 bits per heavy atom. The Balaban J connectivity index is 0.755. The lowest BCUT2D eigenvalue weighted by atomic mass is 9.85. The molecule has 5 heterocycles. The smallest absolute Gasteiger partial charge is 0.246 e. The molecule has 2 aliphatic heterocycles. The molecule has 63 heavy (non-hydrogen) atoms. The summed E-state index contributed by atoms with van der Waals surface area (Å²) in [6.07, 6.45) is 3.31. The molecule has 2 saturated heterocycles. The first kappa shape index (κ1) is 46.1. The van der Waals surface area contributed by atoms with Crippen LogP contribution >= 0.6 is 11.3 Å². The van der Waals surface area contributed by atoms with Crippen LogP contribution in [-0.2, 0) is 35.1 Å². The number of aliphatic hydroxyl groups excluding tert-OH is 1. The number of hydrogen-bond acceptors (Lipinski definition) is 13. The fourth-order valence-electron chi connectivity index (χ4n) is 8.12. The van der Waals surface area contributed by atoms with E-state index in [9.17, 15) is 19.5 Å². The van der Waals surface area contributed by atoms with Gasteiger partial charge in [-0.1, -0.05) is 57.2 Å². The molecule has 3 amide bonds. The minimum Gasteiger partial charge on any atom is -0.391 e. The molecule has 16 nitrogen and oxygen atoms in total. The summed E-state index contributed by atoms with van der Waals surface area (Å²) in [5.74, 6) is -0.528. The van der Waals surface area contributed by atoms with Crippen molar-refractivity contribution >= 4 is 45.9 Å². The molecule has 5 aromatic rings. The van der Waals surface area contributed by atoms with Crippen molar-refractivity contribution in [3.63, 3.8) is 0 Å². The van der Waals surface area contributed by atoms with Crippen molar-refractivity contribution < 1.29 is 33.7 Å². The van der Waals surface area contributed by atoms with Crippen LogP contribution in [0.1, 0.15) is 57.0 Å². The second-order valence-corrected chi connectivity index (χ2v) is 18.4. The summed E-state index contributed by atoms with van der Waals surface area (Å²) >= 11 is 1.58. The predicted octanol–water partition coefficient (Wildman–Crippen LogP) is 3.85. The average molecular weight is 884 g/mol. The highest BCUT2D eigenvalue weighted by Gasteiger charge is 2.44. The number of carbonyl (C=O) groups excluding carboxylic acids is 3. The predicted molar refractivity (Wildman–Crippen MR) is 241 cm³/mol. The van der Waals surface area contributed by atoms with Gasteiger partial charge >= 0.3 is 0 Å². The van der Waals surface area contributed by atoms with Gasteiger partial charge in [-0.25, -0.2) is 15.0 Å². The highest BCUT2D eigenvalue weighted by atomic mass is 32.1. The van der Waals surface area contributed by atoms with Crippen molar-refractivity contribution in [2.75, 3.05) is 78.9 Å². The fourth-order valence-corrected chi connectivity index (χ4v) is 8.93. The van der Waals surface area contributed by atoms with Crippen molar-refractivity contribution in [3.8, 4) is 10.4 Å². The molecule has 2 aliphatic rings. The Morgan fingerprint density at radius 2 is 1.60 bits per heavy atom. The zero-order valence-corrected chi connectivity index (χ0v) is 37.8. The number of amides is 3. The molecule has 4 atom stereocenters. The van der Waals surface area contributed by atoms with Gasteiger partial charge in [0.25, 0.3) is 0 Å². The summed E-state index contributed by atoms with van der Waals surface area (Å²) in [7, 11) is 0. The minimum atomic E-state index is -0.950. The van der Waals surface area contributed by atoms with Crippen LogP contribution in [-0.4, -0.2) is 154 Å². The molecular formula is C46H61N9O7S. The number of aromatic nitrogens is 4. The van der Waals surface area contributed by atoms with Gasteiger partial charge in [-0.15, -0.1) is 11.3 Å². The zero-order valence-electron chi connectivity index (χ0n) is 37.0. The summed E-state index contributed by atoms with van der Waals surface area (Å²) in [5, 5.41) is 16.5. The SMILES string of the molecule is Cc1ncsc1-c1ccc([C@H](C)NC(=O)[C@@H]2C[C@@H](O)CN2C(=O)[C@@H](NC(=O)COCCOCCOCCN2CCN(Cc3cnc4nc5ccccc5n4c3)CC2)C(C)(C)C)cc1. The van der Waals surface area contributed by atoms with E-state index in [4.69, 9.17) is 14.2 Å². The number of nitrogens with one attached hydrogen (secondary N) is 2. The Hall–Kier alpha value is -4.88. The molecule has 2 fully saturated rings. The van der Waals surface area contributed by atoms with Crippen LogP contribution in [0.15, 0.2) is 66.4 Å². The largest absolute Gasteiger partial charge is 0.391 e. The molecule has 7 rings (SSSR count). The Labute approximate surface area is 372 Å². The highest BCUT2D eigenvalue weighted by Crippen LogP contribution is 2.30. The van der Waals surface area contributed by atoms with Crippen molar-refractivity contribution in [1.82, 2.24) is 44.7 Å². The van der Waals surface area contributed by atoms with Crippen LogP contribution in [0, 0.1) is 12.3 Å². The number of hydrogen-bond donors (Lipinski definition) is 3. The number of rotatable bonds is 19. The molecular weight excluding hydrogens is 823 g/mol. The normalized spacial score (nSPS) is 18.5. The highest BCUT2D eigenvalue weighted by molar-refractivity contribution is 7.13. The van der Waals surface area contributed by atoms with Crippen molar-refractivity contribution in [3.05, 3.63) is 83.3 Å². The summed E-state index contributed by atoms with van der Waals surface area (Å²) in [6, 6.07) is 13.9. The first-order valence-corrected chi connectivity index (χ1v) is 22.7. The van der Waals surface area contributed by atoms with E-state index in [-0.39, 0.29) is 44.7 Å². The van der Waals surface area contributed by atoms with E-state index in [1.54, 1.807) is 11.3 Å². The molecule has 338 valence electrons. The second-order valence-electron chi connectivity index (χ2n) is 17.5. The van der Waals surface area contributed by atoms with Crippen LogP contribution in [0.2, 0.25) is 0 Å². The molecule has 0 radical (unpaired) electrons. The van der Waals surface area contributed by atoms with Gasteiger partial charge in [-0.05, 0) is 42.5 Å². The van der Waals surface area contributed by atoms with Gasteiger partial charge in [-0.2, -0.15) is 0 Å². The maximum atomic E-state index is 14.0. The van der Waals surface area contributed by atoms with Gasteiger partial charge < -0.3 is 34.9 Å². The van der Waals surface area contributed by atoms with Crippen LogP contribution in [0.4, 0.5) is 0 Å². The van der Waals surface area contributed by atoms with Crippen molar-refractivity contribution in [2.45, 2.75) is 71.8 Å². The van der Waals surface area contributed by atoms with Crippen molar-refractivity contribution in [1.29, 1.82) is 0 Å². The molecule has 0 unspecified atom stereocenters.